The summed E-state index contributed by atoms with van der Waals surface area (Å²) in [6.45, 7) is 5.11. The second-order valence-electron chi connectivity index (χ2n) is 4.69. The van der Waals surface area contributed by atoms with E-state index in [0.717, 1.165) is 9.35 Å². The van der Waals surface area contributed by atoms with Crippen LogP contribution in [0.3, 0.4) is 0 Å². The lowest BCUT2D eigenvalue weighted by Crippen LogP contribution is -2.28. The highest BCUT2D eigenvalue weighted by molar-refractivity contribution is 9.10. The molecule has 0 bridgehead atoms. The third kappa shape index (κ3) is 3.87. The molecule has 0 aromatic carbocycles. The molecule has 2 rings (SSSR count). The van der Waals surface area contributed by atoms with Gasteiger partial charge in [0.25, 0.3) is 0 Å². The van der Waals surface area contributed by atoms with E-state index >= 15 is 0 Å². The lowest BCUT2D eigenvalue weighted by atomic mass is 10.2. The Morgan fingerprint density at radius 3 is 2.95 bits per heavy atom. The zero-order valence-electron chi connectivity index (χ0n) is 11.4. The zero-order valence-corrected chi connectivity index (χ0v) is 13.8. The predicted octanol–water partition coefficient (Wildman–Crippen LogP) is 4.18. The van der Waals surface area contributed by atoms with Crippen LogP contribution in [0.1, 0.15) is 32.6 Å². The van der Waals surface area contributed by atoms with Crippen LogP contribution in [0.2, 0.25) is 0 Å². The van der Waals surface area contributed by atoms with Crippen LogP contribution >= 0.6 is 27.3 Å². The van der Waals surface area contributed by atoms with Crippen molar-refractivity contribution in [2.75, 3.05) is 7.05 Å². The van der Waals surface area contributed by atoms with E-state index in [1.807, 2.05) is 11.4 Å². The highest BCUT2D eigenvalue weighted by atomic mass is 79.9. The molecule has 0 saturated carbocycles. The molecular weight excluding hydrogens is 326 g/mol. The van der Waals surface area contributed by atoms with Gasteiger partial charge in [-0.1, -0.05) is 18.5 Å². The third-order valence-corrected chi connectivity index (χ3v) is 4.79. The molecule has 0 unspecified atom stereocenters. The lowest BCUT2D eigenvalue weighted by molar-refractivity contribution is 0.205. The van der Waals surface area contributed by atoms with Crippen LogP contribution in [0.5, 0.6) is 0 Å². The molecule has 2 aromatic heterocycles. The number of aromatic nitrogens is 2. The van der Waals surface area contributed by atoms with Gasteiger partial charge in [-0.05, 0) is 42.4 Å². The average molecular weight is 344 g/mol. The topological polar surface area (TPSA) is 42.2 Å². The summed E-state index contributed by atoms with van der Waals surface area (Å²) in [7, 11) is 2.09. The van der Waals surface area contributed by atoms with Gasteiger partial charge < -0.3 is 4.52 Å². The molecule has 0 N–H and O–H groups in total. The van der Waals surface area contributed by atoms with E-state index in [9.17, 15) is 0 Å². The van der Waals surface area contributed by atoms with E-state index < -0.39 is 0 Å². The van der Waals surface area contributed by atoms with Gasteiger partial charge in [0.2, 0.25) is 11.7 Å². The number of thiophene rings is 1. The molecule has 104 valence electrons. The highest BCUT2D eigenvalue weighted by Crippen LogP contribution is 2.27. The summed E-state index contributed by atoms with van der Waals surface area (Å²) in [6, 6.07) is 2.53. The number of hydrogen-bond donors (Lipinski definition) is 0. The summed E-state index contributed by atoms with van der Waals surface area (Å²) >= 11 is 5.03. The van der Waals surface area contributed by atoms with Crippen molar-refractivity contribution in [3.63, 3.8) is 0 Å². The maximum absolute atomic E-state index is 5.32. The Kier molecular flexibility index (Phi) is 5.13. The fourth-order valence-corrected chi connectivity index (χ4v) is 3.21. The van der Waals surface area contributed by atoms with Crippen LogP contribution in [0.15, 0.2) is 20.4 Å². The molecule has 0 radical (unpaired) electrons. The molecule has 4 nitrogen and oxygen atoms in total. The molecule has 6 heteroatoms. The molecule has 0 aliphatic carbocycles. The van der Waals surface area contributed by atoms with Crippen molar-refractivity contribution < 1.29 is 4.52 Å². The van der Waals surface area contributed by atoms with Crippen LogP contribution in [0.4, 0.5) is 0 Å². The Balaban J connectivity index is 2.01. The van der Waals surface area contributed by atoms with E-state index in [-0.39, 0.29) is 0 Å². The van der Waals surface area contributed by atoms with E-state index in [4.69, 9.17) is 4.52 Å². The van der Waals surface area contributed by atoms with Crippen LogP contribution in [-0.4, -0.2) is 28.1 Å². The number of hydrogen-bond acceptors (Lipinski definition) is 5. The summed E-state index contributed by atoms with van der Waals surface area (Å²) in [5.74, 6) is 1.34. The van der Waals surface area contributed by atoms with Crippen LogP contribution in [0, 0.1) is 0 Å². The Morgan fingerprint density at radius 2 is 2.32 bits per heavy atom. The van der Waals surface area contributed by atoms with Crippen molar-refractivity contribution in [2.45, 2.75) is 39.3 Å². The molecule has 2 aromatic rings. The molecule has 2 heterocycles. The van der Waals surface area contributed by atoms with Gasteiger partial charge in [-0.3, -0.25) is 4.90 Å². The number of rotatable bonds is 6. The van der Waals surface area contributed by atoms with Gasteiger partial charge >= 0.3 is 0 Å². The van der Waals surface area contributed by atoms with Crippen LogP contribution < -0.4 is 0 Å². The smallest absolute Gasteiger partial charge is 0.241 e. The van der Waals surface area contributed by atoms with Gasteiger partial charge in [-0.15, -0.1) is 11.3 Å². The van der Waals surface area contributed by atoms with E-state index in [2.05, 4.69) is 51.9 Å². The fraction of sp³-hybridized carbons (Fsp3) is 0.538. The maximum atomic E-state index is 5.32. The van der Waals surface area contributed by atoms with Gasteiger partial charge in [0, 0.05) is 15.9 Å². The molecular formula is C13H18BrN3OS. The summed E-state index contributed by atoms with van der Waals surface area (Å²) in [4.78, 5) is 7.71. The van der Waals surface area contributed by atoms with Gasteiger partial charge in [-0.2, -0.15) is 4.98 Å². The summed E-state index contributed by atoms with van der Waals surface area (Å²) < 4.78 is 6.36. The second-order valence-corrected chi connectivity index (χ2v) is 6.52. The molecule has 0 saturated heterocycles. The standard InChI is InChI=1S/C13H18BrN3OS/c1-4-5-9(2)17(3)7-12-15-13(16-18-12)11-6-10(14)8-19-11/h6,8-9H,4-5,7H2,1-3H3/t9-/m0/s1. The van der Waals surface area contributed by atoms with Crippen LogP contribution in [-0.2, 0) is 6.54 Å². The Morgan fingerprint density at radius 1 is 1.53 bits per heavy atom. The van der Waals surface area contributed by atoms with Gasteiger partial charge in [0.1, 0.15) is 0 Å². The first kappa shape index (κ1) is 14.7. The van der Waals surface area contributed by atoms with Crippen molar-refractivity contribution in [1.82, 2.24) is 15.0 Å². The maximum Gasteiger partial charge on any atom is 0.241 e. The van der Waals surface area contributed by atoms with Crippen molar-refractivity contribution in [1.29, 1.82) is 0 Å². The minimum Gasteiger partial charge on any atom is -0.338 e. The first-order valence-corrected chi connectivity index (χ1v) is 8.04. The van der Waals surface area contributed by atoms with E-state index in [1.165, 1.54) is 12.8 Å². The molecule has 0 fully saturated rings. The Hall–Kier alpha value is -0.720. The normalized spacial score (nSPS) is 13.1. The largest absolute Gasteiger partial charge is 0.338 e. The number of halogens is 1. The molecule has 19 heavy (non-hydrogen) atoms. The zero-order chi connectivity index (χ0) is 13.8. The fourth-order valence-electron chi connectivity index (χ4n) is 1.86. The summed E-state index contributed by atoms with van der Waals surface area (Å²) in [5.41, 5.74) is 0. The molecule has 0 spiro atoms. The first-order valence-electron chi connectivity index (χ1n) is 6.37. The summed E-state index contributed by atoms with van der Waals surface area (Å²) in [6.07, 6.45) is 2.36. The minimum atomic E-state index is 0.524. The molecule has 0 aliphatic rings. The van der Waals surface area contributed by atoms with Gasteiger partial charge in [0.05, 0.1) is 11.4 Å². The van der Waals surface area contributed by atoms with Crippen molar-refractivity contribution >= 4 is 27.3 Å². The van der Waals surface area contributed by atoms with Crippen molar-refractivity contribution in [2.24, 2.45) is 0 Å². The second kappa shape index (κ2) is 6.63. The predicted molar refractivity (Wildman–Crippen MR) is 81.1 cm³/mol. The lowest BCUT2D eigenvalue weighted by Gasteiger charge is -2.22. The Labute approximate surface area is 125 Å². The van der Waals surface area contributed by atoms with Crippen LogP contribution in [0.25, 0.3) is 10.7 Å². The van der Waals surface area contributed by atoms with Gasteiger partial charge in [0.15, 0.2) is 0 Å². The minimum absolute atomic E-state index is 0.524. The summed E-state index contributed by atoms with van der Waals surface area (Å²) in [5, 5.41) is 6.05. The molecule has 1 atom stereocenters. The third-order valence-electron chi connectivity index (χ3n) is 3.10. The molecule has 0 aliphatic heterocycles. The SMILES string of the molecule is CCC[C@H](C)N(C)Cc1nc(-c2cc(Br)cs2)no1. The Bertz CT molecular complexity index is 525. The quantitative estimate of drug-likeness (QED) is 0.788. The average Bonchev–Trinajstić information content (AvgIpc) is 2.98. The van der Waals surface area contributed by atoms with E-state index in [0.29, 0.717) is 24.3 Å². The van der Waals surface area contributed by atoms with Crippen molar-refractivity contribution in [3.05, 3.63) is 21.8 Å². The van der Waals surface area contributed by atoms with E-state index in [1.54, 1.807) is 11.3 Å². The molecule has 0 amide bonds. The number of nitrogens with zero attached hydrogens (tertiary/aromatic N) is 3. The van der Waals surface area contributed by atoms with Gasteiger partial charge in [-0.25, -0.2) is 0 Å². The highest BCUT2D eigenvalue weighted by Gasteiger charge is 2.15. The van der Waals surface area contributed by atoms with Crippen molar-refractivity contribution in [3.8, 4) is 10.7 Å². The monoisotopic (exact) mass is 343 g/mol. The first-order chi connectivity index (χ1) is 9.10.